The molecule has 1 amide bonds. The monoisotopic (exact) mass is 508 g/mol. The number of hydrogen-bond donors (Lipinski definition) is 0. The number of aromatic nitrogens is 3. The molecule has 4 heterocycles. The number of hydrogen-bond acceptors (Lipinski definition) is 7. The van der Waals surface area contributed by atoms with E-state index in [0.717, 1.165) is 43.1 Å². The summed E-state index contributed by atoms with van der Waals surface area (Å²) < 4.78 is 6.33. The van der Waals surface area contributed by atoms with Crippen LogP contribution in [-0.2, 0) is 6.54 Å². The number of fused-ring (bicyclic) bond motifs is 2. The molecule has 0 radical (unpaired) electrons. The van der Waals surface area contributed by atoms with E-state index in [1.807, 2.05) is 84.2 Å². The van der Waals surface area contributed by atoms with Gasteiger partial charge in [-0.2, -0.15) is 0 Å². The molecular weight excluding hydrogens is 488 g/mol. The average Bonchev–Trinajstić information content (AvgIpc) is 3.61. The lowest BCUT2D eigenvalue weighted by atomic mass is 10.1. The molecule has 0 atom stereocenters. The van der Waals surface area contributed by atoms with Crippen LogP contribution >= 0.6 is 22.7 Å². The van der Waals surface area contributed by atoms with E-state index in [1.54, 1.807) is 29.5 Å². The first-order valence-electron chi connectivity index (χ1n) is 11.3. The summed E-state index contributed by atoms with van der Waals surface area (Å²) in [7, 11) is 1.64. The van der Waals surface area contributed by atoms with Crippen molar-refractivity contribution in [3.8, 4) is 16.3 Å². The largest absolute Gasteiger partial charge is 0.497 e. The van der Waals surface area contributed by atoms with Crippen LogP contribution in [-0.4, -0.2) is 28.0 Å². The number of ether oxygens (including phenoxy) is 1. The van der Waals surface area contributed by atoms with Crippen molar-refractivity contribution in [2.75, 3.05) is 12.0 Å². The number of carbonyl (C=O) groups excluding carboxylic acids is 1. The van der Waals surface area contributed by atoms with Gasteiger partial charge >= 0.3 is 0 Å². The summed E-state index contributed by atoms with van der Waals surface area (Å²) in [5.41, 5.74) is 3.72. The number of carbonyl (C=O) groups is 1. The van der Waals surface area contributed by atoms with E-state index in [4.69, 9.17) is 14.7 Å². The molecule has 0 aliphatic heterocycles. The van der Waals surface area contributed by atoms with Crippen molar-refractivity contribution in [1.82, 2.24) is 15.0 Å². The Labute approximate surface area is 215 Å². The van der Waals surface area contributed by atoms with Gasteiger partial charge in [-0.25, -0.2) is 9.97 Å². The third kappa shape index (κ3) is 4.21. The van der Waals surface area contributed by atoms with E-state index in [2.05, 4.69) is 4.98 Å². The van der Waals surface area contributed by atoms with Gasteiger partial charge in [0, 0.05) is 11.6 Å². The van der Waals surface area contributed by atoms with Crippen molar-refractivity contribution >= 4 is 54.8 Å². The smallest absolute Gasteiger partial charge is 0.261 e. The third-order valence-corrected chi connectivity index (χ3v) is 7.76. The number of rotatable bonds is 6. The Balaban J connectivity index is 1.51. The van der Waals surface area contributed by atoms with Crippen molar-refractivity contribution in [3.05, 3.63) is 102 Å². The molecule has 176 valence electrons. The predicted molar refractivity (Wildman–Crippen MR) is 146 cm³/mol. The molecule has 0 aliphatic carbocycles. The van der Waals surface area contributed by atoms with E-state index in [9.17, 15) is 4.79 Å². The first-order chi connectivity index (χ1) is 17.7. The standard InChI is InChI=1S/C28H20N4O2S2/c1-34-19-11-12-23-26(15-19)36-28(31-23)32(17-18-7-4-5-13-29-18)27(33)21-16-24(25-10-6-14-35-25)30-22-9-3-2-8-20(21)22/h2-16H,17H2,1H3. The second-order valence-corrected chi connectivity index (χ2v) is 10.0. The highest BCUT2D eigenvalue weighted by molar-refractivity contribution is 7.22. The van der Waals surface area contributed by atoms with Crippen LogP contribution in [0.25, 0.3) is 31.7 Å². The van der Waals surface area contributed by atoms with Crippen LogP contribution < -0.4 is 9.64 Å². The number of para-hydroxylation sites is 1. The lowest BCUT2D eigenvalue weighted by molar-refractivity contribution is 0.0986. The first kappa shape index (κ1) is 22.3. The third-order valence-electron chi connectivity index (χ3n) is 5.83. The molecule has 0 N–H and O–H groups in total. The molecule has 6 aromatic rings. The maximum absolute atomic E-state index is 14.3. The van der Waals surface area contributed by atoms with Crippen LogP contribution in [0.4, 0.5) is 5.13 Å². The summed E-state index contributed by atoms with van der Waals surface area (Å²) >= 11 is 3.06. The normalized spacial score (nSPS) is 11.1. The van der Waals surface area contributed by atoms with E-state index in [0.29, 0.717) is 17.2 Å². The van der Waals surface area contributed by atoms with Crippen molar-refractivity contribution in [2.24, 2.45) is 0 Å². The van der Waals surface area contributed by atoms with Gasteiger partial charge in [-0.3, -0.25) is 14.7 Å². The predicted octanol–water partition coefficient (Wildman–Crippen LogP) is 6.82. The van der Waals surface area contributed by atoms with Crippen LogP contribution in [0.5, 0.6) is 5.75 Å². The fraction of sp³-hybridized carbons (Fsp3) is 0.0714. The lowest BCUT2D eigenvalue weighted by Gasteiger charge is -2.21. The van der Waals surface area contributed by atoms with Crippen LogP contribution in [0.3, 0.4) is 0 Å². The number of nitrogens with zero attached hydrogens (tertiary/aromatic N) is 4. The summed E-state index contributed by atoms with van der Waals surface area (Å²) in [5, 5.41) is 3.42. The van der Waals surface area contributed by atoms with Crippen molar-refractivity contribution in [2.45, 2.75) is 6.54 Å². The Morgan fingerprint density at radius 2 is 1.83 bits per heavy atom. The molecule has 0 saturated carbocycles. The summed E-state index contributed by atoms with van der Waals surface area (Å²) in [6, 6.07) is 25.1. The molecule has 2 aromatic carbocycles. The van der Waals surface area contributed by atoms with Gasteiger partial charge in [0.1, 0.15) is 5.75 Å². The Hall–Kier alpha value is -4.14. The molecule has 6 nitrogen and oxygen atoms in total. The van der Waals surface area contributed by atoms with Crippen LogP contribution in [0.15, 0.2) is 90.4 Å². The van der Waals surface area contributed by atoms with Gasteiger partial charge in [-0.1, -0.05) is 41.7 Å². The number of methoxy groups -OCH3 is 1. The van der Waals surface area contributed by atoms with Gasteiger partial charge in [0.25, 0.3) is 5.91 Å². The molecule has 36 heavy (non-hydrogen) atoms. The van der Waals surface area contributed by atoms with Crippen LogP contribution in [0, 0.1) is 0 Å². The van der Waals surface area contributed by atoms with Crippen molar-refractivity contribution in [3.63, 3.8) is 0 Å². The maximum Gasteiger partial charge on any atom is 0.261 e. The van der Waals surface area contributed by atoms with Gasteiger partial charge in [-0.05, 0) is 53.9 Å². The highest BCUT2D eigenvalue weighted by Gasteiger charge is 2.25. The average molecular weight is 509 g/mol. The SMILES string of the molecule is COc1ccc2nc(N(Cc3ccccn3)C(=O)c3cc(-c4cccs4)nc4ccccc34)sc2c1. The van der Waals surface area contributed by atoms with E-state index in [1.165, 1.54) is 11.3 Å². The van der Waals surface area contributed by atoms with E-state index >= 15 is 0 Å². The van der Waals surface area contributed by atoms with Crippen LogP contribution in [0.1, 0.15) is 16.1 Å². The molecule has 0 fully saturated rings. The quantitative estimate of drug-likeness (QED) is 0.247. The zero-order chi connectivity index (χ0) is 24.5. The molecular formula is C28H20N4O2S2. The number of thiophene rings is 1. The van der Waals surface area contributed by atoms with Gasteiger partial charge in [0.15, 0.2) is 5.13 Å². The fourth-order valence-corrected chi connectivity index (χ4v) is 5.74. The lowest BCUT2D eigenvalue weighted by Crippen LogP contribution is -2.31. The van der Waals surface area contributed by atoms with Gasteiger partial charge in [0.2, 0.25) is 0 Å². The van der Waals surface area contributed by atoms with Gasteiger partial charge in [0.05, 0.1) is 51.2 Å². The zero-order valence-electron chi connectivity index (χ0n) is 19.3. The van der Waals surface area contributed by atoms with E-state index in [-0.39, 0.29) is 5.91 Å². The molecule has 0 saturated heterocycles. The van der Waals surface area contributed by atoms with E-state index < -0.39 is 0 Å². The Kier molecular flexibility index (Phi) is 5.88. The number of benzene rings is 2. The van der Waals surface area contributed by atoms with Gasteiger partial charge in [-0.15, -0.1) is 11.3 Å². The Morgan fingerprint density at radius 1 is 0.944 bits per heavy atom. The number of anilines is 1. The fourth-order valence-electron chi connectivity index (χ4n) is 4.06. The molecule has 0 bridgehead atoms. The topological polar surface area (TPSA) is 68.2 Å². The molecule has 8 heteroatoms. The molecule has 4 aromatic heterocycles. The molecule has 0 aliphatic rings. The Morgan fingerprint density at radius 3 is 2.64 bits per heavy atom. The summed E-state index contributed by atoms with van der Waals surface area (Å²) in [6.45, 7) is 0.293. The minimum atomic E-state index is -0.150. The number of thiazole rings is 1. The number of amides is 1. The molecule has 0 spiro atoms. The van der Waals surface area contributed by atoms with Crippen molar-refractivity contribution < 1.29 is 9.53 Å². The molecule has 6 rings (SSSR count). The summed E-state index contributed by atoms with van der Waals surface area (Å²) in [6.07, 6.45) is 1.73. The zero-order valence-corrected chi connectivity index (χ0v) is 20.9. The Bertz CT molecular complexity index is 1680. The highest BCUT2D eigenvalue weighted by atomic mass is 32.1. The number of pyridine rings is 2. The second-order valence-electron chi connectivity index (χ2n) is 8.09. The second kappa shape index (κ2) is 9.49. The summed E-state index contributed by atoms with van der Waals surface area (Å²) in [5.74, 6) is 0.601. The minimum Gasteiger partial charge on any atom is -0.497 e. The maximum atomic E-state index is 14.3. The van der Waals surface area contributed by atoms with Crippen molar-refractivity contribution in [1.29, 1.82) is 0 Å². The van der Waals surface area contributed by atoms with Gasteiger partial charge < -0.3 is 4.74 Å². The minimum absolute atomic E-state index is 0.150. The van der Waals surface area contributed by atoms with Crippen LogP contribution in [0.2, 0.25) is 0 Å². The summed E-state index contributed by atoms with van der Waals surface area (Å²) in [4.78, 5) is 31.1. The molecule has 0 unspecified atom stereocenters. The first-order valence-corrected chi connectivity index (χ1v) is 13.0. The highest BCUT2D eigenvalue weighted by Crippen LogP contribution is 2.34.